The SMILES string of the molecule is CNc1cncc(N(C)Cc2ccccc2Cl)c1. The molecule has 18 heavy (non-hydrogen) atoms. The van der Waals surface area contributed by atoms with E-state index in [0.29, 0.717) is 0 Å². The summed E-state index contributed by atoms with van der Waals surface area (Å²) in [7, 11) is 3.91. The lowest BCUT2D eigenvalue weighted by atomic mass is 10.2. The van der Waals surface area contributed by atoms with E-state index in [1.807, 2.05) is 44.6 Å². The van der Waals surface area contributed by atoms with Gasteiger partial charge in [-0.05, 0) is 17.7 Å². The molecule has 0 saturated carbocycles. The Kier molecular flexibility index (Phi) is 4.05. The number of nitrogens with one attached hydrogen (secondary N) is 1. The molecule has 0 bridgehead atoms. The molecule has 0 aliphatic carbocycles. The zero-order valence-electron chi connectivity index (χ0n) is 10.5. The van der Waals surface area contributed by atoms with Crippen molar-refractivity contribution in [2.24, 2.45) is 0 Å². The van der Waals surface area contributed by atoms with Gasteiger partial charge in [0.2, 0.25) is 0 Å². The number of halogens is 1. The van der Waals surface area contributed by atoms with E-state index in [-0.39, 0.29) is 0 Å². The highest BCUT2D eigenvalue weighted by atomic mass is 35.5. The van der Waals surface area contributed by atoms with Crippen molar-refractivity contribution in [1.29, 1.82) is 0 Å². The second kappa shape index (κ2) is 5.74. The summed E-state index contributed by atoms with van der Waals surface area (Å²) in [5.41, 5.74) is 3.16. The zero-order chi connectivity index (χ0) is 13.0. The fraction of sp³-hybridized carbons (Fsp3) is 0.214. The van der Waals surface area contributed by atoms with E-state index < -0.39 is 0 Å². The molecular weight excluding hydrogens is 246 g/mol. The lowest BCUT2D eigenvalue weighted by molar-refractivity contribution is 0.918. The largest absolute Gasteiger partial charge is 0.387 e. The Morgan fingerprint density at radius 3 is 2.78 bits per heavy atom. The second-order valence-electron chi connectivity index (χ2n) is 4.13. The molecule has 0 aliphatic rings. The number of anilines is 2. The lowest BCUT2D eigenvalue weighted by Gasteiger charge is -2.20. The summed E-state index contributed by atoms with van der Waals surface area (Å²) in [6, 6.07) is 9.94. The summed E-state index contributed by atoms with van der Waals surface area (Å²) in [5.74, 6) is 0. The van der Waals surface area contributed by atoms with Gasteiger partial charge in [-0.15, -0.1) is 0 Å². The third-order valence-electron chi connectivity index (χ3n) is 2.82. The van der Waals surface area contributed by atoms with Crippen LogP contribution in [-0.2, 0) is 6.54 Å². The van der Waals surface area contributed by atoms with Gasteiger partial charge in [0.25, 0.3) is 0 Å². The van der Waals surface area contributed by atoms with E-state index in [2.05, 4.69) is 21.3 Å². The molecule has 4 heteroatoms. The molecule has 1 heterocycles. The smallest absolute Gasteiger partial charge is 0.0573 e. The molecule has 94 valence electrons. The molecule has 0 atom stereocenters. The molecule has 1 aromatic carbocycles. The first-order chi connectivity index (χ1) is 8.70. The number of pyridine rings is 1. The van der Waals surface area contributed by atoms with Crippen LogP contribution in [0.3, 0.4) is 0 Å². The van der Waals surface area contributed by atoms with Crippen LogP contribution in [0, 0.1) is 0 Å². The van der Waals surface area contributed by atoms with Crippen LogP contribution in [0.25, 0.3) is 0 Å². The molecule has 1 N–H and O–H groups in total. The van der Waals surface area contributed by atoms with Crippen LogP contribution < -0.4 is 10.2 Å². The predicted octanol–water partition coefficient (Wildman–Crippen LogP) is 3.41. The van der Waals surface area contributed by atoms with E-state index in [0.717, 1.165) is 28.5 Å². The Bertz CT molecular complexity index is 528. The summed E-state index contributed by atoms with van der Waals surface area (Å²) in [5, 5.41) is 3.88. The standard InChI is InChI=1S/C14H16ClN3/c1-16-12-7-13(9-17-8-12)18(2)10-11-5-3-4-6-14(11)15/h3-9,16H,10H2,1-2H3. The van der Waals surface area contributed by atoms with Gasteiger partial charge in [0.15, 0.2) is 0 Å². The fourth-order valence-electron chi connectivity index (χ4n) is 1.75. The highest BCUT2D eigenvalue weighted by molar-refractivity contribution is 6.31. The number of rotatable bonds is 4. The summed E-state index contributed by atoms with van der Waals surface area (Å²) in [6.07, 6.45) is 3.64. The van der Waals surface area contributed by atoms with Gasteiger partial charge in [-0.25, -0.2) is 0 Å². The van der Waals surface area contributed by atoms with E-state index in [9.17, 15) is 0 Å². The average Bonchev–Trinajstić information content (AvgIpc) is 2.41. The normalized spacial score (nSPS) is 10.2. The molecule has 0 fully saturated rings. The van der Waals surface area contributed by atoms with Crippen molar-refractivity contribution in [2.75, 3.05) is 24.3 Å². The van der Waals surface area contributed by atoms with Crippen LogP contribution in [0.5, 0.6) is 0 Å². The predicted molar refractivity (Wildman–Crippen MR) is 77.3 cm³/mol. The number of hydrogen-bond acceptors (Lipinski definition) is 3. The highest BCUT2D eigenvalue weighted by Gasteiger charge is 2.05. The van der Waals surface area contributed by atoms with E-state index >= 15 is 0 Å². The van der Waals surface area contributed by atoms with Gasteiger partial charge in [0, 0.05) is 25.7 Å². The van der Waals surface area contributed by atoms with Gasteiger partial charge in [-0.2, -0.15) is 0 Å². The molecule has 2 rings (SSSR count). The van der Waals surface area contributed by atoms with Crippen LogP contribution in [0.15, 0.2) is 42.7 Å². The maximum absolute atomic E-state index is 6.16. The quantitative estimate of drug-likeness (QED) is 0.914. The zero-order valence-corrected chi connectivity index (χ0v) is 11.3. The van der Waals surface area contributed by atoms with Gasteiger partial charge < -0.3 is 10.2 Å². The van der Waals surface area contributed by atoms with E-state index in [4.69, 9.17) is 11.6 Å². The first-order valence-corrected chi connectivity index (χ1v) is 6.16. The lowest BCUT2D eigenvalue weighted by Crippen LogP contribution is -2.16. The maximum atomic E-state index is 6.16. The Labute approximate surface area is 112 Å². The van der Waals surface area contributed by atoms with Crippen LogP contribution >= 0.6 is 11.6 Å². The third-order valence-corrected chi connectivity index (χ3v) is 3.19. The van der Waals surface area contributed by atoms with Gasteiger partial charge in [0.1, 0.15) is 0 Å². The topological polar surface area (TPSA) is 28.2 Å². The van der Waals surface area contributed by atoms with Gasteiger partial charge in [-0.3, -0.25) is 4.98 Å². The highest BCUT2D eigenvalue weighted by Crippen LogP contribution is 2.21. The minimum atomic E-state index is 0.758. The average molecular weight is 262 g/mol. The number of nitrogens with zero attached hydrogens (tertiary/aromatic N) is 2. The van der Waals surface area contributed by atoms with Crippen LogP contribution in [0.4, 0.5) is 11.4 Å². The minimum absolute atomic E-state index is 0.758. The maximum Gasteiger partial charge on any atom is 0.0573 e. The van der Waals surface area contributed by atoms with Crippen LogP contribution in [0.2, 0.25) is 5.02 Å². The van der Waals surface area contributed by atoms with E-state index in [1.165, 1.54) is 0 Å². The van der Waals surface area contributed by atoms with Crippen molar-refractivity contribution < 1.29 is 0 Å². The Morgan fingerprint density at radius 1 is 1.28 bits per heavy atom. The first-order valence-electron chi connectivity index (χ1n) is 5.78. The van der Waals surface area contributed by atoms with Gasteiger partial charge in [0.05, 0.1) is 23.8 Å². The summed E-state index contributed by atoms with van der Waals surface area (Å²) in [4.78, 5) is 6.32. The van der Waals surface area contributed by atoms with Gasteiger partial charge in [-0.1, -0.05) is 29.8 Å². The number of hydrogen-bond donors (Lipinski definition) is 1. The van der Waals surface area contributed by atoms with Crippen molar-refractivity contribution in [1.82, 2.24) is 4.98 Å². The Balaban J connectivity index is 2.16. The summed E-state index contributed by atoms with van der Waals surface area (Å²) >= 11 is 6.16. The molecule has 3 nitrogen and oxygen atoms in total. The molecular formula is C14H16ClN3. The van der Waals surface area contributed by atoms with Crippen molar-refractivity contribution in [3.05, 3.63) is 53.3 Å². The molecule has 0 saturated heterocycles. The molecule has 0 amide bonds. The third kappa shape index (κ3) is 2.93. The number of aromatic nitrogens is 1. The Morgan fingerprint density at radius 2 is 2.06 bits per heavy atom. The van der Waals surface area contributed by atoms with Crippen molar-refractivity contribution >= 4 is 23.0 Å². The Hall–Kier alpha value is -1.74. The van der Waals surface area contributed by atoms with E-state index in [1.54, 1.807) is 6.20 Å². The van der Waals surface area contributed by atoms with Crippen molar-refractivity contribution in [3.8, 4) is 0 Å². The second-order valence-corrected chi connectivity index (χ2v) is 4.54. The van der Waals surface area contributed by atoms with Crippen molar-refractivity contribution in [3.63, 3.8) is 0 Å². The van der Waals surface area contributed by atoms with Crippen molar-refractivity contribution in [2.45, 2.75) is 6.54 Å². The molecule has 0 spiro atoms. The number of benzene rings is 1. The monoisotopic (exact) mass is 261 g/mol. The first kappa shape index (κ1) is 12.7. The summed E-state index contributed by atoms with van der Waals surface area (Å²) in [6.45, 7) is 0.758. The molecule has 0 radical (unpaired) electrons. The molecule has 2 aromatic rings. The molecule has 0 unspecified atom stereocenters. The summed E-state index contributed by atoms with van der Waals surface area (Å²) < 4.78 is 0. The van der Waals surface area contributed by atoms with Gasteiger partial charge >= 0.3 is 0 Å². The molecule has 1 aromatic heterocycles. The van der Waals surface area contributed by atoms with Crippen LogP contribution in [0.1, 0.15) is 5.56 Å². The fourth-order valence-corrected chi connectivity index (χ4v) is 1.94. The molecule has 0 aliphatic heterocycles. The minimum Gasteiger partial charge on any atom is -0.387 e. The van der Waals surface area contributed by atoms with Crippen LogP contribution in [-0.4, -0.2) is 19.1 Å².